The Labute approximate surface area is 115 Å². The standard InChI is InChI=1S/C13H17FN2O4/c1-3-13(2,6-7-17)15-12(18)10-8-9(16(19)20)4-5-11(10)14/h4-5,8,17H,3,6-7H2,1-2H3,(H,15,18). The van der Waals surface area contributed by atoms with Gasteiger partial charge < -0.3 is 10.4 Å². The second-order valence-electron chi connectivity index (χ2n) is 4.76. The maximum Gasteiger partial charge on any atom is 0.270 e. The highest BCUT2D eigenvalue weighted by Crippen LogP contribution is 2.19. The van der Waals surface area contributed by atoms with Crippen LogP contribution in [0.2, 0.25) is 0 Å². The number of hydrogen-bond donors (Lipinski definition) is 2. The van der Waals surface area contributed by atoms with Crippen LogP contribution in [0.25, 0.3) is 0 Å². The molecule has 7 heteroatoms. The van der Waals surface area contributed by atoms with Crippen molar-refractivity contribution in [2.24, 2.45) is 0 Å². The van der Waals surface area contributed by atoms with Gasteiger partial charge in [-0.05, 0) is 25.8 Å². The van der Waals surface area contributed by atoms with Crippen LogP contribution in [0.5, 0.6) is 0 Å². The van der Waals surface area contributed by atoms with Crippen molar-refractivity contribution in [3.8, 4) is 0 Å². The number of nitro groups is 1. The fourth-order valence-electron chi connectivity index (χ4n) is 1.72. The average molecular weight is 284 g/mol. The molecule has 0 aliphatic rings. The van der Waals surface area contributed by atoms with Gasteiger partial charge in [0.1, 0.15) is 5.82 Å². The number of non-ortho nitro benzene ring substituents is 1. The fourth-order valence-corrected chi connectivity index (χ4v) is 1.72. The number of hydrogen-bond acceptors (Lipinski definition) is 4. The summed E-state index contributed by atoms with van der Waals surface area (Å²) >= 11 is 0. The summed E-state index contributed by atoms with van der Waals surface area (Å²) in [5.41, 5.74) is -1.42. The predicted octanol–water partition coefficient (Wildman–Crippen LogP) is 2.01. The molecule has 1 atom stereocenters. The quantitative estimate of drug-likeness (QED) is 0.617. The molecule has 0 aliphatic heterocycles. The van der Waals surface area contributed by atoms with E-state index in [9.17, 15) is 19.3 Å². The Morgan fingerprint density at radius 3 is 2.70 bits per heavy atom. The zero-order valence-electron chi connectivity index (χ0n) is 11.4. The largest absolute Gasteiger partial charge is 0.396 e. The lowest BCUT2D eigenvalue weighted by Crippen LogP contribution is -2.46. The van der Waals surface area contributed by atoms with Crippen LogP contribution in [0.1, 0.15) is 37.0 Å². The predicted molar refractivity (Wildman–Crippen MR) is 70.9 cm³/mol. The first kappa shape index (κ1) is 16.0. The van der Waals surface area contributed by atoms with Gasteiger partial charge in [0, 0.05) is 24.3 Å². The number of nitrogens with zero attached hydrogens (tertiary/aromatic N) is 1. The van der Waals surface area contributed by atoms with Crippen LogP contribution in [0.4, 0.5) is 10.1 Å². The van der Waals surface area contributed by atoms with Gasteiger partial charge in [0.2, 0.25) is 0 Å². The molecule has 110 valence electrons. The summed E-state index contributed by atoms with van der Waals surface area (Å²) in [6, 6.07) is 2.79. The fraction of sp³-hybridized carbons (Fsp3) is 0.462. The highest BCUT2D eigenvalue weighted by atomic mass is 19.1. The molecule has 1 aromatic rings. The zero-order valence-corrected chi connectivity index (χ0v) is 11.4. The molecule has 0 spiro atoms. The van der Waals surface area contributed by atoms with Gasteiger partial charge >= 0.3 is 0 Å². The third kappa shape index (κ3) is 3.74. The summed E-state index contributed by atoms with van der Waals surface area (Å²) in [4.78, 5) is 22.0. The van der Waals surface area contributed by atoms with E-state index in [2.05, 4.69) is 5.32 Å². The molecular formula is C13H17FN2O4. The summed E-state index contributed by atoms with van der Waals surface area (Å²) in [5, 5.41) is 22.2. The first-order valence-corrected chi connectivity index (χ1v) is 6.20. The van der Waals surface area contributed by atoms with Gasteiger partial charge in [-0.15, -0.1) is 0 Å². The lowest BCUT2D eigenvalue weighted by Gasteiger charge is -2.29. The van der Waals surface area contributed by atoms with Crippen LogP contribution in [0, 0.1) is 15.9 Å². The monoisotopic (exact) mass is 284 g/mol. The maximum atomic E-state index is 13.6. The van der Waals surface area contributed by atoms with Crippen LogP contribution in [-0.2, 0) is 0 Å². The highest BCUT2D eigenvalue weighted by Gasteiger charge is 2.26. The second-order valence-corrected chi connectivity index (χ2v) is 4.76. The summed E-state index contributed by atoms with van der Waals surface area (Å²) in [7, 11) is 0. The zero-order chi connectivity index (χ0) is 15.3. The number of nitro benzene ring substituents is 1. The molecule has 0 aromatic heterocycles. The number of halogens is 1. The number of rotatable bonds is 6. The van der Waals surface area contributed by atoms with Crippen LogP contribution in [-0.4, -0.2) is 28.1 Å². The number of nitrogens with one attached hydrogen (secondary N) is 1. The lowest BCUT2D eigenvalue weighted by molar-refractivity contribution is -0.384. The van der Waals surface area contributed by atoms with Crippen molar-refractivity contribution in [1.29, 1.82) is 0 Å². The molecule has 20 heavy (non-hydrogen) atoms. The van der Waals surface area contributed by atoms with E-state index in [1.54, 1.807) is 6.92 Å². The summed E-state index contributed by atoms with van der Waals surface area (Å²) in [6.07, 6.45) is 0.849. The maximum absolute atomic E-state index is 13.6. The molecule has 1 amide bonds. The summed E-state index contributed by atoms with van der Waals surface area (Å²) in [6.45, 7) is 3.41. The van der Waals surface area contributed by atoms with E-state index in [1.165, 1.54) is 0 Å². The highest BCUT2D eigenvalue weighted by molar-refractivity contribution is 5.95. The Morgan fingerprint density at radius 2 is 2.20 bits per heavy atom. The van der Waals surface area contributed by atoms with E-state index in [-0.39, 0.29) is 17.9 Å². The molecule has 1 rings (SSSR count). The summed E-state index contributed by atoms with van der Waals surface area (Å²) in [5.74, 6) is -1.56. The van der Waals surface area contributed by atoms with Crippen LogP contribution < -0.4 is 5.32 Å². The van der Waals surface area contributed by atoms with Gasteiger partial charge in [-0.2, -0.15) is 0 Å². The van der Waals surface area contributed by atoms with Gasteiger partial charge in [0.05, 0.1) is 10.5 Å². The molecule has 0 heterocycles. The molecule has 0 aliphatic carbocycles. The molecule has 0 saturated heterocycles. The van der Waals surface area contributed by atoms with E-state index in [1.807, 2.05) is 6.92 Å². The van der Waals surface area contributed by atoms with Crippen molar-refractivity contribution in [2.45, 2.75) is 32.2 Å². The topological polar surface area (TPSA) is 92.5 Å². The number of aliphatic hydroxyl groups excluding tert-OH is 1. The first-order valence-electron chi connectivity index (χ1n) is 6.20. The Hall–Kier alpha value is -2.02. The van der Waals surface area contributed by atoms with Gasteiger partial charge in [0.15, 0.2) is 0 Å². The van der Waals surface area contributed by atoms with E-state index >= 15 is 0 Å². The number of carbonyl (C=O) groups is 1. The number of benzene rings is 1. The van der Waals surface area contributed by atoms with Gasteiger partial charge in [-0.25, -0.2) is 4.39 Å². The normalized spacial score (nSPS) is 13.6. The third-order valence-electron chi connectivity index (χ3n) is 3.26. The molecule has 1 unspecified atom stereocenters. The van der Waals surface area contributed by atoms with Crippen molar-refractivity contribution in [3.05, 3.63) is 39.7 Å². The minimum atomic E-state index is -0.824. The van der Waals surface area contributed by atoms with Crippen molar-refractivity contribution >= 4 is 11.6 Å². The van der Waals surface area contributed by atoms with Gasteiger partial charge in [-0.3, -0.25) is 14.9 Å². The molecule has 1 aromatic carbocycles. The van der Waals surface area contributed by atoms with Crippen LogP contribution in [0.3, 0.4) is 0 Å². The first-order chi connectivity index (χ1) is 9.33. The molecule has 6 nitrogen and oxygen atoms in total. The minimum Gasteiger partial charge on any atom is -0.396 e. The Kier molecular flexibility index (Phi) is 5.15. The Balaban J connectivity index is 3.02. The van der Waals surface area contributed by atoms with Crippen molar-refractivity contribution in [3.63, 3.8) is 0 Å². The third-order valence-corrected chi connectivity index (χ3v) is 3.26. The van der Waals surface area contributed by atoms with Gasteiger partial charge in [0.25, 0.3) is 11.6 Å². The SMILES string of the molecule is CCC(C)(CCO)NC(=O)c1cc([N+](=O)[O-])ccc1F. The number of aliphatic hydroxyl groups is 1. The van der Waals surface area contributed by atoms with Gasteiger partial charge in [-0.1, -0.05) is 6.92 Å². The van der Waals surface area contributed by atoms with E-state index in [4.69, 9.17) is 5.11 Å². The molecule has 2 N–H and O–H groups in total. The molecule has 0 fully saturated rings. The van der Waals surface area contributed by atoms with Crippen molar-refractivity contribution in [2.75, 3.05) is 6.61 Å². The van der Waals surface area contributed by atoms with Crippen molar-refractivity contribution in [1.82, 2.24) is 5.32 Å². The number of carbonyl (C=O) groups excluding carboxylic acids is 1. The van der Waals surface area contributed by atoms with E-state index in [0.717, 1.165) is 18.2 Å². The molecule has 0 bridgehead atoms. The molecular weight excluding hydrogens is 267 g/mol. The Morgan fingerprint density at radius 1 is 1.55 bits per heavy atom. The van der Waals surface area contributed by atoms with Crippen LogP contribution >= 0.6 is 0 Å². The van der Waals surface area contributed by atoms with Crippen LogP contribution in [0.15, 0.2) is 18.2 Å². The number of amides is 1. The molecule has 0 saturated carbocycles. The summed E-state index contributed by atoms with van der Waals surface area (Å²) < 4.78 is 13.6. The van der Waals surface area contributed by atoms with E-state index < -0.39 is 22.2 Å². The van der Waals surface area contributed by atoms with Crippen molar-refractivity contribution < 1.29 is 19.2 Å². The van der Waals surface area contributed by atoms with E-state index in [0.29, 0.717) is 12.8 Å². The average Bonchev–Trinajstić information content (AvgIpc) is 2.39. The smallest absolute Gasteiger partial charge is 0.270 e. The lowest BCUT2D eigenvalue weighted by atomic mass is 9.94. The Bertz CT molecular complexity index is 521. The minimum absolute atomic E-state index is 0.123. The second kappa shape index (κ2) is 6.42. The molecule has 0 radical (unpaired) electrons.